The minimum atomic E-state index is -0.882. The van der Waals surface area contributed by atoms with Crippen LogP contribution >= 0.6 is 0 Å². The largest absolute Gasteiger partial charge is 0.465 e. The summed E-state index contributed by atoms with van der Waals surface area (Å²) in [5, 5.41) is 9.61. The van der Waals surface area contributed by atoms with Crippen molar-refractivity contribution in [3.63, 3.8) is 0 Å². The summed E-state index contributed by atoms with van der Waals surface area (Å²) < 4.78 is 13.5. The highest BCUT2D eigenvalue weighted by molar-refractivity contribution is 5.66. The number of halogens is 1. The maximum atomic E-state index is 13.5. The third-order valence-electron chi connectivity index (χ3n) is 5.72. The van der Waals surface area contributed by atoms with Crippen LogP contribution in [0.4, 0.5) is 9.18 Å². The van der Waals surface area contributed by atoms with Gasteiger partial charge in [0.25, 0.3) is 0 Å². The van der Waals surface area contributed by atoms with Gasteiger partial charge in [-0.3, -0.25) is 0 Å². The molecule has 0 unspecified atom stereocenters. The Balaban J connectivity index is 1.77. The topological polar surface area (TPSA) is 47.0 Å². The molecule has 0 spiro atoms. The first-order valence-electron chi connectivity index (χ1n) is 9.20. The van der Waals surface area contributed by atoms with Gasteiger partial charge in [0.15, 0.2) is 0 Å². The zero-order chi connectivity index (χ0) is 18.0. The van der Waals surface area contributed by atoms with Crippen molar-refractivity contribution < 1.29 is 14.3 Å². The fraction of sp³-hybridized carbons (Fsp3) is 0.632. The molecule has 1 aromatic carbocycles. The van der Waals surface area contributed by atoms with E-state index in [9.17, 15) is 14.3 Å². The number of carbonyl (C=O) groups is 1. The molecule has 1 N–H and O–H groups in total. The second-order valence-electron chi connectivity index (χ2n) is 7.21. The number of likely N-dealkylation sites (tertiary alicyclic amines) is 1. The fourth-order valence-electron chi connectivity index (χ4n) is 4.27. The minimum Gasteiger partial charge on any atom is -0.465 e. The number of aryl methyl sites for hydroxylation is 1. The monoisotopic (exact) mass is 349 g/mol. The van der Waals surface area contributed by atoms with Crippen LogP contribution in [0.25, 0.3) is 0 Å². The molecule has 3 rings (SSSR count). The summed E-state index contributed by atoms with van der Waals surface area (Å²) in [4.78, 5) is 18.1. The standard InChI is InChI=1S/C19H28FN3O2/c1-3-21-8-10-22(11-9-21)13-15-6-7-23(19(24)25)18(15)17-5-4-16(20)12-14(17)2/h4-5,12,15,18H,3,6-11,13H2,1-2H3,(H,24,25)/t15-,18+/m1/s1. The van der Waals surface area contributed by atoms with Gasteiger partial charge in [-0.15, -0.1) is 0 Å². The van der Waals surface area contributed by atoms with Crippen molar-refractivity contribution in [2.45, 2.75) is 26.3 Å². The van der Waals surface area contributed by atoms with Gasteiger partial charge in [-0.1, -0.05) is 13.0 Å². The zero-order valence-electron chi connectivity index (χ0n) is 15.1. The lowest BCUT2D eigenvalue weighted by molar-refractivity contribution is 0.104. The van der Waals surface area contributed by atoms with E-state index in [0.29, 0.717) is 6.54 Å². The molecule has 138 valence electrons. The molecule has 2 aliphatic heterocycles. The van der Waals surface area contributed by atoms with Crippen molar-refractivity contribution in [3.8, 4) is 0 Å². The molecule has 2 aliphatic rings. The van der Waals surface area contributed by atoms with E-state index in [-0.39, 0.29) is 17.8 Å². The Morgan fingerprint density at radius 3 is 2.48 bits per heavy atom. The van der Waals surface area contributed by atoms with Gasteiger partial charge in [0.05, 0.1) is 6.04 Å². The molecule has 1 amide bonds. The Bertz CT molecular complexity index is 617. The van der Waals surface area contributed by atoms with Crippen LogP contribution in [0.15, 0.2) is 18.2 Å². The molecule has 1 aromatic rings. The first-order valence-corrected chi connectivity index (χ1v) is 9.20. The van der Waals surface area contributed by atoms with Gasteiger partial charge < -0.3 is 19.8 Å². The number of hydrogen-bond donors (Lipinski definition) is 1. The van der Waals surface area contributed by atoms with Crippen molar-refractivity contribution in [2.24, 2.45) is 5.92 Å². The number of nitrogens with zero attached hydrogens (tertiary/aromatic N) is 3. The van der Waals surface area contributed by atoms with E-state index in [1.165, 1.54) is 17.0 Å². The minimum absolute atomic E-state index is 0.178. The van der Waals surface area contributed by atoms with Crippen molar-refractivity contribution in [3.05, 3.63) is 35.1 Å². The maximum Gasteiger partial charge on any atom is 0.407 e. The Morgan fingerprint density at radius 1 is 1.20 bits per heavy atom. The van der Waals surface area contributed by atoms with Gasteiger partial charge in [0.1, 0.15) is 5.82 Å². The lowest BCUT2D eigenvalue weighted by Crippen LogP contribution is -2.48. The second kappa shape index (κ2) is 7.70. The molecule has 2 fully saturated rings. The predicted octanol–water partition coefficient (Wildman–Crippen LogP) is 2.81. The number of amides is 1. The van der Waals surface area contributed by atoms with E-state index in [2.05, 4.69) is 16.7 Å². The van der Waals surface area contributed by atoms with Crippen LogP contribution in [0.5, 0.6) is 0 Å². The smallest absolute Gasteiger partial charge is 0.407 e. The Kier molecular flexibility index (Phi) is 5.59. The molecule has 0 saturated carbocycles. The quantitative estimate of drug-likeness (QED) is 0.908. The summed E-state index contributed by atoms with van der Waals surface area (Å²) in [6.45, 7) is 10.8. The molecule has 0 radical (unpaired) electrons. The summed E-state index contributed by atoms with van der Waals surface area (Å²) in [5.41, 5.74) is 1.78. The summed E-state index contributed by atoms with van der Waals surface area (Å²) in [6.07, 6.45) is -0.0195. The van der Waals surface area contributed by atoms with Crippen LogP contribution in [-0.2, 0) is 0 Å². The highest BCUT2D eigenvalue weighted by atomic mass is 19.1. The van der Waals surface area contributed by atoms with Gasteiger partial charge in [0.2, 0.25) is 0 Å². The first-order chi connectivity index (χ1) is 12.0. The molecule has 2 saturated heterocycles. The molecule has 25 heavy (non-hydrogen) atoms. The average Bonchev–Trinajstić information content (AvgIpc) is 2.99. The Hall–Kier alpha value is -1.66. The lowest BCUT2D eigenvalue weighted by atomic mass is 9.90. The second-order valence-corrected chi connectivity index (χ2v) is 7.21. The number of carboxylic acid groups (broad SMARTS) is 1. The van der Waals surface area contributed by atoms with Crippen molar-refractivity contribution in [1.82, 2.24) is 14.7 Å². The maximum absolute atomic E-state index is 13.5. The highest BCUT2D eigenvalue weighted by Crippen LogP contribution is 2.39. The lowest BCUT2D eigenvalue weighted by Gasteiger charge is -2.37. The summed E-state index contributed by atoms with van der Waals surface area (Å²) in [6, 6.07) is 4.53. The van der Waals surface area contributed by atoms with Crippen LogP contribution in [0, 0.1) is 18.7 Å². The Morgan fingerprint density at radius 2 is 1.88 bits per heavy atom. The van der Waals surface area contributed by atoms with Gasteiger partial charge >= 0.3 is 6.09 Å². The summed E-state index contributed by atoms with van der Waals surface area (Å²) >= 11 is 0. The normalized spacial score (nSPS) is 25.5. The Labute approximate surface area is 149 Å². The fourth-order valence-corrected chi connectivity index (χ4v) is 4.27. The molecule has 6 heteroatoms. The molecule has 2 heterocycles. The number of piperazine rings is 1. The van der Waals surface area contributed by atoms with Gasteiger partial charge in [-0.05, 0) is 49.1 Å². The summed E-state index contributed by atoms with van der Waals surface area (Å²) in [7, 11) is 0. The molecule has 2 atom stereocenters. The summed E-state index contributed by atoms with van der Waals surface area (Å²) in [5.74, 6) is -0.0122. The van der Waals surface area contributed by atoms with Crippen molar-refractivity contribution >= 4 is 6.09 Å². The number of hydrogen-bond acceptors (Lipinski definition) is 3. The number of benzene rings is 1. The van der Waals surface area contributed by atoms with Gasteiger partial charge in [-0.25, -0.2) is 9.18 Å². The van der Waals surface area contributed by atoms with Gasteiger partial charge in [-0.2, -0.15) is 0 Å². The zero-order valence-corrected chi connectivity index (χ0v) is 15.1. The molecule has 5 nitrogen and oxygen atoms in total. The van der Waals surface area contributed by atoms with Crippen molar-refractivity contribution in [1.29, 1.82) is 0 Å². The number of likely N-dealkylation sites (N-methyl/N-ethyl adjacent to an activating group) is 1. The van der Waals surface area contributed by atoms with E-state index in [1.807, 2.05) is 6.92 Å². The van der Waals surface area contributed by atoms with E-state index in [1.54, 1.807) is 6.07 Å². The van der Waals surface area contributed by atoms with Gasteiger partial charge in [0, 0.05) is 39.3 Å². The van der Waals surface area contributed by atoms with Crippen molar-refractivity contribution in [2.75, 3.05) is 45.8 Å². The third-order valence-corrected chi connectivity index (χ3v) is 5.72. The van der Waals surface area contributed by atoms with E-state index >= 15 is 0 Å². The van der Waals surface area contributed by atoms with Crippen LogP contribution < -0.4 is 0 Å². The van der Waals surface area contributed by atoms with Crippen LogP contribution in [0.3, 0.4) is 0 Å². The highest BCUT2D eigenvalue weighted by Gasteiger charge is 2.39. The molecular weight excluding hydrogens is 321 g/mol. The molecule has 0 aliphatic carbocycles. The first kappa shape index (κ1) is 18.1. The number of rotatable bonds is 4. The molecule has 0 aromatic heterocycles. The van der Waals surface area contributed by atoms with Crippen LogP contribution in [0.1, 0.15) is 30.5 Å². The van der Waals surface area contributed by atoms with E-state index in [4.69, 9.17) is 0 Å². The van der Waals surface area contributed by atoms with E-state index < -0.39 is 6.09 Å². The SMILES string of the molecule is CCN1CCN(C[C@H]2CCN(C(=O)O)[C@@H]2c2ccc(F)cc2C)CC1. The molecule has 0 bridgehead atoms. The predicted molar refractivity (Wildman–Crippen MR) is 95.3 cm³/mol. The third kappa shape index (κ3) is 3.96. The van der Waals surface area contributed by atoms with E-state index in [0.717, 1.165) is 56.8 Å². The van der Waals surface area contributed by atoms with Crippen LogP contribution in [0.2, 0.25) is 0 Å². The molecular formula is C19H28FN3O2. The average molecular weight is 349 g/mol. The van der Waals surface area contributed by atoms with Crippen LogP contribution in [-0.4, -0.2) is 71.7 Å².